The van der Waals surface area contributed by atoms with Crippen molar-refractivity contribution in [3.63, 3.8) is 0 Å². The molecule has 0 aliphatic heterocycles. The Morgan fingerprint density at radius 3 is 0.0286 bits per heavy atom. The first-order valence-electron chi connectivity index (χ1n) is 0. The first-order valence-corrected chi connectivity index (χ1v) is 0. The normalized spacial score (nSPS) is 0. The van der Waals surface area contributed by atoms with Crippen molar-refractivity contribution in [3.05, 3.63) is 0 Å². The van der Waals surface area contributed by atoms with E-state index < -0.39 is 0 Å². The van der Waals surface area contributed by atoms with Crippen molar-refractivity contribution >= 4 is 0 Å². The van der Waals surface area contributed by atoms with Crippen LogP contribution in [0.5, 0.6) is 0 Å². The molecule has 0 atom stereocenters. The predicted molar refractivity (Wildman–Crippen MR) is 28.8 cm³/mol. The molecule has 70 heavy (non-hydrogen) atoms. The predicted octanol–water partition coefficient (Wildman–Crippen LogP) is -5.06. The molecule has 0 aromatic carbocycles. The number of rotatable bonds is 0. The molecule has 0 N–H and O–H groups in total. The minimum absolute atomic E-state index is 0. The van der Waals surface area contributed by atoms with Crippen LogP contribution in [0.25, 0.3) is 0 Å². The van der Waals surface area contributed by atoms with E-state index in [0.717, 1.165) is 0 Å². The standard InChI is InChI=1S/28Fe.42O/q28*+3;42*-2. The molecule has 0 saturated heterocycles. The fourth-order valence-corrected chi connectivity index (χ4v) is 0. The van der Waals surface area contributed by atoms with E-state index in [2.05, 4.69) is 0 Å². The van der Waals surface area contributed by atoms with Gasteiger partial charge in [0.2, 0.25) is 0 Å². The van der Waals surface area contributed by atoms with Crippen LogP contribution < -0.4 is 0 Å². The number of hydrogen-bond donors (Lipinski definition) is 0. The summed E-state index contributed by atoms with van der Waals surface area (Å²) in [5.41, 5.74) is 0. The first-order chi connectivity index (χ1) is 0. The monoisotopic (exact) mass is 2240 g/mol. The van der Waals surface area contributed by atoms with Gasteiger partial charge in [-0.1, -0.05) is 0 Å². The molecule has 0 amide bonds. The molecule has 0 aliphatic carbocycles. The number of hydrogen-bond acceptors (Lipinski definition) is 0. The topological polar surface area (TPSA) is 1200 Å². The molecule has 0 unspecified atom stereocenters. The molecule has 0 fully saturated rings. The van der Waals surface area contributed by atoms with Crippen LogP contribution >= 0.6 is 0 Å². The molecule has 0 saturated carbocycles. The van der Waals surface area contributed by atoms with Gasteiger partial charge in [-0.15, -0.1) is 0 Å². The summed E-state index contributed by atoms with van der Waals surface area (Å²) < 4.78 is 0. The fourth-order valence-electron chi connectivity index (χ4n) is 0. The Balaban J connectivity index is 0. The average molecular weight is 2240 g/mol. The summed E-state index contributed by atoms with van der Waals surface area (Å²) in [6, 6.07) is 0. The first kappa shape index (κ1) is 3360. The van der Waals surface area contributed by atoms with Gasteiger partial charge in [0.1, 0.15) is 0 Å². The van der Waals surface area contributed by atoms with Gasteiger partial charge < -0.3 is 230 Å². The summed E-state index contributed by atoms with van der Waals surface area (Å²) in [6.45, 7) is 0. The van der Waals surface area contributed by atoms with Crippen molar-refractivity contribution in [1.29, 1.82) is 0 Å². The Morgan fingerprint density at radius 1 is 0.0286 bits per heavy atom. The molecule has 0 bridgehead atoms. The zero-order valence-corrected chi connectivity index (χ0v) is 58.0. The minimum atomic E-state index is 0. The van der Waals surface area contributed by atoms with Crippen LogP contribution in [0.4, 0.5) is 0 Å². The summed E-state index contributed by atoms with van der Waals surface area (Å²) in [5, 5.41) is 0. The van der Waals surface area contributed by atoms with E-state index in [4.69, 9.17) is 0 Å². The molecule has 0 aromatic rings. The van der Waals surface area contributed by atoms with Gasteiger partial charge >= 0.3 is 478 Å². The molecule has 70 heteroatoms. The zero-order valence-electron chi connectivity index (χ0n) is 27.0. The Hall–Kier alpha value is 12.9. The van der Waals surface area contributed by atoms with Gasteiger partial charge in [-0.2, -0.15) is 0 Å². The van der Waals surface area contributed by atoms with Crippen molar-refractivity contribution in [2.45, 2.75) is 0 Å². The molecule has 0 spiro atoms. The molecule has 0 aliphatic rings. The van der Waals surface area contributed by atoms with Gasteiger partial charge in [-0.05, 0) is 0 Å². The maximum absolute atomic E-state index is 0. The van der Waals surface area contributed by atoms with E-state index in [1.54, 1.807) is 0 Å². The van der Waals surface area contributed by atoms with Crippen molar-refractivity contribution in [2.24, 2.45) is 0 Å². The van der Waals surface area contributed by atoms with Crippen molar-refractivity contribution in [1.82, 2.24) is 0 Å². The molecule has 0 rings (SSSR count). The maximum atomic E-state index is 0. The second-order valence-corrected chi connectivity index (χ2v) is 0. The van der Waals surface area contributed by atoms with E-state index in [1.165, 1.54) is 0 Å². The third-order valence-electron chi connectivity index (χ3n) is 0. The average Bonchev–Trinajstić information content (AvgIpc) is 0. The van der Waals surface area contributed by atoms with Gasteiger partial charge in [0.15, 0.2) is 0 Å². The van der Waals surface area contributed by atoms with E-state index in [9.17, 15) is 0 Å². The zero-order chi connectivity index (χ0) is 0. The van der Waals surface area contributed by atoms with Crippen molar-refractivity contribution < 1.29 is 708 Å². The van der Waals surface area contributed by atoms with Crippen LogP contribution in [0.3, 0.4) is 0 Å². The van der Waals surface area contributed by atoms with Gasteiger partial charge in [-0.25, -0.2) is 0 Å². The van der Waals surface area contributed by atoms with Crippen LogP contribution in [-0.4, -0.2) is 0 Å². The Morgan fingerprint density at radius 2 is 0.0286 bits per heavy atom. The Labute approximate surface area is 696 Å². The largest absolute Gasteiger partial charge is 3.00 e. The van der Waals surface area contributed by atoms with Crippen LogP contribution in [0.1, 0.15) is 0 Å². The van der Waals surface area contributed by atoms with Gasteiger partial charge in [-0.3, -0.25) is 0 Å². The molecule has 28 radical (unpaired) electrons. The van der Waals surface area contributed by atoms with E-state index >= 15 is 0 Å². The van der Waals surface area contributed by atoms with Crippen LogP contribution in [0.2, 0.25) is 0 Å². The minimum Gasteiger partial charge on any atom is -2.00 e. The Bertz CT molecular complexity index is 68.0. The fraction of sp³-hybridized carbons (Fsp3) is 0. The molecule has 0 heterocycles. The smallest absolute Gasteiger partial charge is 2.00 e. The van der Waals surface area contributed by atoms with Gasteiger partial charge in [0.25, 0.3) is 0 Å². The quantitative estimate of drug-likeness (QED) is 0.206. The molecule has 476 valence electrons. The van der Waals surface area contributed by atoms with Gasteiger partial charge in [0, 0.05) is 0 Å². The van der Waals surface area contributed by atoms with E-state index in [0.29, 0.717) is 0 Å². The SMILES string of the molecule is [Fe+3].[Fe+3].[Fe+3].[Fe+3].[Fe+3].[Fe+3].[Fe+3].[Fe+3].[Fe+3].[Fe+3].[Fe+3].[Fe+3].[Fe+3].[Fe+3].[Fe+3].[Fe+3].[Fe+3].[Fe+3].[Fe+3].[Fe+3].[Fe+3].[Fe+3].[Fe+3].[Fe+3].[Fe+3].[Fe+3].[Fe+3].[Fe+3].[O-2].[O-2].[O-2].[O-2].[O-2].[O-2].[O-2].[O-2].[O-2].[O-2].[O-2].[O-2].[O-2].[O-2].[O-2].[O-2].[O-2].[O-2].[O-2].[O-2].[O-2].[O-2].[O-2].[O-2].[O-2].[O-2].[O-2].[O-2].[O-2].[O-2].[O-2].[O-2].[O-2].[O-2].[O-2].[O-2].[O-2].[O-2].[O-2].[O-2].[O-2].[O-2]. The summed E-state index contributed by atoms with van der Waals surface area (Å²) in [5.74, 6) is 0. The third kappa shape index (κ3) is 3120. The second kappa shape index (κ2) is 3230. The van der Waals surface area contributed by atoms with E-state index in [1.807, 2.05) is 0 Å². The van der Waals surface area contributed by atoms with Gasteiger partial charge in [0.05, 0.1) is 0 Å². The summed E-state index contributed by atoms with van der Waals surface area (Å²) in [7, 11) is 0. The maximum Gasteiger partial charge on any atom is 3.00 e. The third-order valence-corrected chi connectivity index (χ3v) is 0. The summed E-state index contributed by atoms with van der Waals surface area (Å²) in [6.07, 6.45) is 0. The Kier molecular flexibility index (Phi) is 155000. The molecule has 42 nitrogen and oxygen atoms in total. The van der Waals surface area contributed by atoms with E-state index in [-0.39, 0.29) is 708 Å². The van der Waals surface area contributed by atoms with Crippen LogP contribution in [0.15, 0.2) is 0 Å². The van der Waals surface area contributed by atoms with Crippen LogP contribution in [-0.2, 0) is 708 Å². The molecular formula is Fe28O42. The summed E-state index contributed by atoms with van der Waals surface area (Å²) in [4.78, 5) is 0. The summed E-state index contributed by atoms with van der Waals surface area (Å²) >= 11 is 0. The molecule has 0 aromatic heterocycles. The van der Waals surface area contributed by atoms with Crippen molar-refractivity contribution in [2.75, 3.05) is 0 Å². The van der Waals surface area contributed by atoms with Crippen LogP contribution in [0, 0.1) is 0 Å². The molecular weight excluding hydrogens is 2240 g/mol. The van der Waals surface area contributed by atoms with Crippen molar-refractivity contribution in [3.8, 4) is 0 Å². The second-order valence-electron chi connectivity index (χ2n) is 0.